The van der Waals surface area contributed by atoms with E-state index in [9.17, 15) is 9.59 Å². The molecule has 1 rings (SSSR count). The number of nitrogens with zero attached hydrogens (tertiary/aromatic N) is 2. The van der Waals surface area contributed by atoms with Crippen LogP contribution in [0.5, 0.6) is 0 Å². The van der Waals surface area contributed by atoms with Gasteiger partial charge in [-0.05, 0) is 19.9 Å². The molecule has 1 fully saturated rings. The largest absolute Gasteiger partial charge is 0.383 e. The second kappa shape index (κ2) is 9.70. The van der Waals surface area contributed by atoms with E-state index in [2.05, 4.69) is 5.32 Å². The quantitative estimate of drug-likeness (QED) is 0.658. The monoisotopic (exact) mass is 301 g/mol. The number of carbonyl (C=O) groups is 2. The molecule has 0 radical (unpaired) electrons. The lowest BCUT2D eigenvalue weighted by atomic mass is 10.2. The maximum atomic E-state index is 12.5. The van der Waals surface area contributed by atoms with Crippen LogP contribution in [0.4, 0.5) is 0 Å². The molecule has 0 aromatic rings. The Kier molecular flexibility index (Phi) is 8.26. The Balaban J connectivity index is 2.69. The highest BCUT2D eigenvalue weighted by Crippen LogP contribution is 2.05. The maximum Gasteiger partial charge on any atom is 0.312 e. The molecule has 0 spiro atoms. The Morgan fingerprint density at radius 2 is 2.00 bits per heavy atom. The van der Waals surface area contributed by atoms with Crippen molar-refractivity contribution in [1.82, 2.24) is 15.1 Å². The molecule has 0 aromatic carbocycles. The summed E-state index contributed by atoms with van der Waals surface area (Å²) >= 11 is 0. The van der Waals surface area contributed by atoms with E-state index in [1.54, 1.807) is 19.1 Å². The summed E-state index contributed by atoms with van der Waals surface area (Å²) < 4.78 is 10.1. The average molecular weight is 301 g/mol. The number of methoxy groups -OCH3 is 2. The van der Waals surface area contributed by atoms with Gasteiger partial charge in [-0.15, -0.1) is 0 Å². The SMILES string of the molecule is COCCN(C(=O)C(=O)N1CCCNCC1)C(C)COC. The molecule has 0 aliphatic carbocycles. The van der Waals surface area contributed by atoms with Gasteiger partial charge in [0.05, 0.1) is 19.3 Å². The highest BCUT2D eigenvalue weighted by molar-refractivity contribution is 6.35. The first kappa shape index (κ1) is 17.9. The van der Waals surface area contributed by atoms with Crippen molar-refractivity contribution >= 4 is 11.8 Å². The molecule has 2 amide bonds. The van der Waals surface area contributed by atoms with Gasteiger partial charge in [-0.2, -0.15) is 0 Å². The first-order chi connectivity index (χ1) is 10.1. The molecule has 0 aromatic heterocycles. The number of hydrogen-bond acceptors (Lipinski definition) is 5. The van der Waals surface area contributed by atoms with Crippen molar-refractivity contribution in [2.45, 2.75) is 19.4 Å². The third kappa shape index (κ3) is 5.61. The van der Waals surface area contributed by atoms with E-state index < -0.39 is 11.8 Å². The predicted molar refractivity (Wildman–Crippen MR) is 79.0 cm³/mol. The zero-order chi connectivity index (χ0) is 15.7. The van der Waals surface area contributed by atoms with E-state index in [-0.39, 0.29) is 6.04 Å². The summed E-state index contributed by atoms with van der Waals surface area (Å²) in [6.45, 7) is 5.84. The summed E-state index contributed by atoms with van der Waals surface area (Å²) in [6, 6.07) is -0.160. The Morgan fingerprint density at radius 3 is 2.67 bits per heavy atom. The molecule has 1 heterocycles. The zero-order valence-corrected chi connectivity index (χ0v) is 13.3. The molecule has 1 aliphatic heterocycles. The van der Waals surface area contributed by atoms with Crippen LogP contribution in [-0.4, -0.2) is 87.8 Å². The number of amides is 2. The van der Waals surface area contributed by atoms with Gasteiger partial charge in [0.2, 0.25) is 0 Å². The Bertz CT molecular complexity index is 330. The first-order valence-electron chi connectivity index (χ1n) is 7.40. The van der Waals surface area contributed by atoms with E-state index in [1.807, 2.05) is 6.92 Å². The van der Waals surface area contributed by atoms with E-state index in [0.717, 1.165) is 19.5 Å². The predicted octanol–water partition coefficient (Wildman–Crippen LogP) is -0.682. The van der Waals surface area contributed by atoms with Gasteiger partial charge in [0, 0.05) is 40.4 Å². The molecule has 0 saturated carbocycles. The fourth-order valence-electron chi connectivity index (χ4n) is 2.35. The van der Waals surface area contributed by atoms with Crippen molar-refractivity contribution in [1.29, 1.82) is 0 Å². The Labute approximate surface area is 126 Å². The number of carbonyl (C=O) groups excluding carboxylic acids is 2. The van der Waals surface area contributed by atoms with Crippen LogP contribution in [0.15, 0.2) is 0 Å². The molecule has 21 heavy (non-hydrogen) atoms. The summed E-state index contributed by atoms with van der Waals surface area (Å²) in [5, 5.41) is 3.22. The van der Waals surface area contributed by atoms with Gasteiger partial charge in [-0.25, -0.2) is 0 Å². The van der Waals surface area contributed by atoms with Crippen molar-refractivity contribution in [3.05, 3.63) is 0 Å². The van der Waals surface area contributed by atoms with Gasteiger partial charge in [0.25, 0.3) is 0 Å². The van der Waals surface area contributed by atoms with Gasteiger partial charge in [0.15, 0.2) is 0 Å². The molecule has 1 N–H and O–H groups in total. The van der Waals surface area contributed by atoms with E-state index in [0.29, 0.717) is 32.8 Å². The average Bonchev–Trinajstić information content (AvgIpc) is 2.76. The molecule has 7 heteroatoms. The Hall–Kier alpha value is -1.18. The van der Waals surface area contributed by atoms with Crippen molar-refractivity contribution in [2.24, 2.45) is 0 Å². The summed E-state index contributed by atoms with van der Waals surface area (Å²) in [7, 11) is 3.16. The minimum atomic E-state index is -0.474. The molecular formula is C14H27N3O4. The van der Waals surface area contributed by atoms with Crippen LogP contribution < -0.4 is 5.32 Å². The first-order valence-corrected chi connectivity index (χ1v) is 7.40. The second-order valence-corrected chi connectivity index (χ2v) is 5.19. The third-order valence-electron chi connectivity index (χ3n) is 3.55. The lowest BCUT2D eigenvalue weighted by Crippen LogP contribution is -2.51. The number of hydrogen-bond donors (Lipinski definition) is 1. The minimum absolute atomic E-state index is 0.160. The molecule has 7 nitrogen and oxygen atoms in total. The minimum Gasteiger partial charge on any atom is -0.383 e. The van der Waals surface area contributed by atoms with Crippen LogP contribution in [0.2, 0.25) is 0 Å². The lowest BCUT2D eigenvalue weighted by molar-refractivity contribution is -0.154. The number of ether oxygens (including phenoxy) is 2. The van der Waals surface area contributed by atoms with Crippen LogP contribution >= 0.6 is 0 Å². The second-order valence-electron chi connectivity index (χ2n) is 5.19. The maximum absolute atomic E-state index is 12.5. The zero-order valence-electron chi connectivity index (χ0n) is 13.3. The highest BCUT2D eigenvalue weighted by atomic mass is 16.5. The Morgan fingerprint density at radius 1 is 1.24 bits per heavy atom. The van der Waals surface area contributed by atoms with Crippen LogP contribution in [0, 0.1) is 0 Å². The number of rotatable bonds is 6. The normalized spacial score (nSPS) is 17.2. The summed E-state index contributed by atoms with van der Waals surface area (Å²) in [5.41, 5.74) is 0. The number of nitrogens with one attached hydrogen (secondary N) is 1. The van der Waals surface area contributed by atoms with Gasteiger partial charge >= 0.3 is 11.8 Å². The molecule has 0 bridgehead atoms. The van der Waals surface area contributed by atoms with Crippen LogP contribution in [0.25, 0.3) is 0 Å². The lowest BCUT2D eigenvalue weighted by Gasteiger charge is -2.30. The van der Waals surface area contributed by atoms with Crippen molar-refractivity contribution < 1.29 is 19.1 Å². The summed E-state index contributed by atoms with van der Waals surface area (Å²) in [4.78, 5) is 28.0. The van der Waals surface area contributed by atoms with Crippen molar-refractivity contribution in [3.63, 3.8) is 0 Å². The van der Waals surface area contributed by atoms with Crippen molar-refractivity contribution in [2.75, 3.05) is 60.2 Å². The molecule has 1 atom stereocenters. The summed E-state index contributed by atoms with van der Waals surface area (Å²) in [6.07, 6.45) is 0.866. The topological polar surface area (TPSA) is 71.1 Å². The molecule has 1 saturated heterocycles. The fourth-order valence-corrected chi connectivity index (χ4v) is 2.35. The van der Waals surface area contributed by atoms with Gasteiger partial charge in [0.1, 0.15) is 0 Å². The standard InChI is InChI=1S/C14H27N3O4/c1-12(11-21-3)17(9-10-20-2)14(19)13(18)16-7-4-5-15-6-8-16/h12,15H,4-11H2,1-3H3. The van der Waals surface area contributed by atoms with Gasteiger partial charge in [-0.1, -0.05) is 0 Å². The third-order valence-corrected chi connectivity index (χ3v) is 3.55. The summed E-state index contributed by atoms with van der Waals surface area (Å²) in [5.74, 6) is -0.906. The fraction of sp³-hybridized carbons (Fsp3) is 0.857. The van der Waals surface area contributed by atoms with Crippen LogP contribution in [0.3, 0.4) is 0 Å². The molecular weight excluding hydrogens is 274 g/mol. The molecule has 1 unspecified atom stereocenters. The van der Waals surface area contributed by atoms with E-state index in [1.165, 1.54) is 4.90 Å². The van der Waals surface area contributed by atoms with E-state index in [4.69, 9.17) is 9.47 Å². The van der Waals surface area contributed by atoms with Crippen LogP contribution in [-0.2, 0) is 19.1 Å². The molecule has 1 aliphatic rings. The van der Waals surface area contributed by atoms with Crippen LogP contribution in [0.1, 0.15) is 13.3 Å². The van der Waals surface area contributed by atoms with Gasteiger partial charge in [-0.3, -0.25) is 9.59 Å². The van der Waals surface area contributed by atoms with Crippen molar-refractivity contribution in [3.8, 4) is 0 Å². The van der Waals surface area contributed by atoms with Gasteiger partial charge < -0.3 is 24.6 Å². The highest BCUT2D eigenvalue weighted by Gasteiger charge is 2.30. The molecule has 122 valence electrons. The smallest absolute Gasteiger partial charge is 0.312 e. The van der Waals surface area contributed by atoms with E-state index >= 15 is 0 Å².